The molecular weight excluding hydrogens is 344 g/mol. The molecule has 0 N–H and O–H groups in total. The summed E-state index contributed by atoms with van der Waals surface area (Å²) < 4.78 is 14.9. The Morgan fingerprint density at radius 1 is 0.852 bits per heavy atom. The highest BCUT2D eigenvalue weighted by molar-refractivity contribution is 6.17. The van der Waals surface area contributed by atoms with E-state index in [2.05, 4.69) is 16.4 Å². The molecule has 0 aliphatic heterocycles. The Labute approximate surface area is 163 Å². The highest BCUT2D eigenvalue weighted by Gasteiger charge is 2.20. The first-order valence-corrected chi connectivity index (χ1v) is 10.1. The third-order valence-corrected chi connectivity index (χ3v) is 4.56. The van der Waals surface area contributed by atoms with Crippen molar-refractivity contribution in [2.45, 2.75) is 77.6 Å². The molecule has 0 bridgehead atoms. The lowest BCUT2D eigenvalue weighted by molar-refractivity contribution is -0.143. The van der Waals surface area contributed by atoms with Gasteiger partial charge in [-0.3, -0.25) is 0 Å². The summed E-state index contributed by atoms with van der Waals surface area (Å²) in [5.41, 5.74) is -0.181. The molecule has 1 heterocycles. The van der Waals surface area contributed by atoms with Crippen LogP contribution in [0.3, 0.4) is 0 Å². The molecule has 0 aromatic carbocycles. The van der Waals surface area contributed by atoms with Crippen molar-refractivity contribution in [1.82, 2.24) is 0 Å². The van der Waals surface area contributed by atoms with E-state index < -0.39 is 11.9 Å². The number of methoxy groups -OCH3 is 2. The summed E-state index contributed by atoms with van der Waals surface area (Å²) in [6.07, 6.45) is 15.2. The Hall–Kier alpha value is -2.04. The van der Waals surface area contributed by atoms with Crippen LogP contribution >= 0.6 is 0 Å². The van der Waals surface area contributed by atoms with Gasteiger partial charge in [-0.1, -0.05) is 64.7 Å². The molecule has 1 aromatic heterocycles. The number of ether oxygens (including phenoxy) is 2. The van der Waals surface area contributed by atoms with Gasteiger partial charge in [0.15, 0.2) is 0 Å². The van der Waals surface area contributed by atoms with E-state index in [0.29, 0.717) is 5.76 Å². The summed E-state index contributed by atoms with van der Waals surface area (Å²) >= 11 is 0. The van der Waals surface area contributed by atoms with Crippen molar-refractivity contribution in [3.05, 3.63) is 29.2 Å². The van der Waals surface area contributed by atoms with E-state index in [9.17, 15) is 9.59 Å². The summed E-state index contributed by atoms with van der Waals surface area (Å²) in [6, 6.07) is 3.63. The zero-order valence-corrected chi connectivity index (χ0v) is 17.1. The second-order valence-electron chi connectivity index (χ2n) is 6.78. The van der Waals surface area contributed by atoms with E-state index in [1.807, 2.05) is 6.07 Å². The average Bonchev–Trinajstić information content (AvgIpc) is 3.13. The zero-order valence-electron chi connectivity index (χ0n) is 17.1. The van der Waals surface area contributed by atoms with Crippen LogP contribution in [0.15, 0.2) is 22.1 Å². The van der Waals surface area contributed by atoms with E-state index >= 15 is 0 Å². The second kappa shape index (κ2) is 14.1. The molecule has 27 heavy (non-hydrogen) atoms. The van der Waals surface area contributed by atoms with Gasteiger partial charge in [0.1, 0.15) is 17.1 Å². The lowest BCUT2D eigenvalue weighted by atomic mass is 10.1. The van der Waals surface area contributed by atoms with Crippen molar-refractivity contribution in [3.63, 3.8) is 0 Å². The molecule has 1 aromatic rings. The minimum atomic E-state index is -0.741. The molecule has 0 unspecified atom stereocenters. The first kappa shape index (κ1) is 23.0. The third-order valence-electron chi connectivity index (χ3n) is 4.56. The van der Waals surface area contributed by atoms with E-state index in [-0.39, 0.29) is 5.57 Å². The van der Waals surface area contributed by atoms with Crippen molar-refractivity contribution in [1.29, 1.82) is 0 Å². The summed E-state index contributed by atoms with van der Waals surface area (Å²) in [6.45, 7) is 2.25. The number of carbonyl (C=O) groups is 2. The minimum Gasteiger partial charge on any atom is -0.465 e. The van der Waals surface area contributed by atoms with Crippen LogP contribution in [0.2, 0.25) is 0 Å². The van der Waals surface area contributed by atoms with Gasteiger partial charge in [0.25, 0.3) is 0 Å². The molecule has 0 saturated carbocycles. The van der Waals surface area contributed by atoms with Crippen molar-refractivity contribution in [2.75, 3.05) is 14.2 Å². The molecule has 5 heteroatoms. The Morgan fingerprint density at radius 2 is 1.37 bits per heavy atom. The number of esters is 2. The largest absolute Gasteiger partial charge is 0.465 e. The van der Waals surface area contributed by atoms with Gasteiger partial charge in [-0.2, -0.15) is 0 Å². The topological polar surface area (TPSA) is 65.7 Å². The smallest absolute Gasteiger partial charge is 0.345 e. The van der Waals surface area contributed by atoms with Crippen LogP contribution in [-0.2, 0) is 25.5 Å². The maximum atomic E-state index is 11.7. The van der Waals surface area contributed by atoms with Crippen LogP contribution in [-0.4, -0.2) is 26.2 Å². The van der Waals surface area contributed by atoms with Gasteiger partial charge < -0.3 is 13.9 Å². The SMILES string of the molecule is CCCCCCCCCCCCc1ccc(C=C(C(=O)OC)C(=O)OC)o1. The first-order chi connectivity index (χ1) is 13.1. The Morgan fingerprint density at radius 3 is 1.89 bits per heavy atom. The quantitative estimate of drug-likeness (QED) is 0.141. The molecule has 0 radical (unpaired) electrons. The molecule has 0 amide bonds. The fraction of sp³-hybridized carbons (Fsp3) is 0.636. The second-order valence-corrected chi connectivity index (χ2v) is 6.78. The Balaban J connectivity index is 2.31. The standard InChI is InChI=1S/C22H34O5/c1-4-5-6-7-8-9-10-11-12-13-14-18-15-16-19(27-18)17-20(21(23)25-2)22(24)26-3/h15-17H,4-14H2,1-3H3. The normalized spacial score (nSPS) is 10.5. The predicted octanol–water partition coefficient (Wildman–Crippen LogP) is 5.47. The van der Waals surface area contributed by atoms with Crippen LogP contribution in [0.1, 0.15) is 82.7 Å². The van der Waals surface area contributed by atoms with Crippen molar-refractivity contribution >= 4 is 18.0 Å². The van der Waals surface area contributed by atoms with Crippen LogP contribution in [0, 0.1) is 0 Å². The summed E-state index contributed by atoms with van der Waals surface area (Å²) in [5.74, 6) is -0.179. The fourth-order valence-electron chi connectivity index (χ4n) is 2.96. The van der Waals surface area contributed by atoms with E-state index in [1.54, 1.807) is 6.07 Å². The summed E-state index contributed by atoms with van der Waals surface area (Å²) in [4.78, 5) is 23.3. The molecule has 5 nitrogen and oxygen atoms in total. The molecule has 0 fully saturated rings. The van der Waals surface area contributed by atoms with Gasteiger partial charge in [0.05, 0.1) is 14.2 Å². The number of hydrogen-bond acceptors (Lipinski definition) is 5. The van der Waals surface area contributed by atoms with Crippen LogP contribution in [0.5, 0.6) is 0 Å². The van der Waals surface area contributed by atoms with E-state index in [4.69, 9.17) is 4.42 Å². The van der Waals surface area contributed by atoms with Crippen molar-refractivity contribution < 1.29 is 23.5 Å². The van der Waals surface area contributed by atoms with Crippen LogP contribution in [0.4, 0.5) is 0 Å². The Kier molecular flexibility index (Phi) is 12.0. The minimum absolute atomic E-state index is 0.181. The molecule has 0 aliphatic carbocycles. The lowest BCUT2D eigenvalue weighted by Gasteiger charge is -2.02. The maximum Gasteiger partial charge on any atom is 0.345 e. The molecule has 0 saturated heterocycles. The van der Waals surface area contributed by atoms with Gasteiger partial charge >= 0.3 is 11.9 Å². The Bertz CT molecular complexity index is 567. The highest BCUT2D eigenvalue weighted by atomic mass is 16.5. The van der Waals surface area contributed by atoms with Gasteiger partial charge in [-0.25, -0.2) is 9.59 Å². The van der Waals surface area contributed by atoms with E-state index in [1.165, 1.54) is 78.1 Å². The van der Waals surface area contributed by atoms with Gasteiger partial charge in [-0.15, -0.1) is 0 Å². The van der Waals surface area contributed by atoms with Crippen molar-refractivity contribution in [3.8, 4) is 0 Å². The number of unbranched alkanes of at least 4 members (excludes halogenated alkanes) is 9. The van der Waals surface area contributed by atoms with Gasteiger partial charge in [-0.05, 0) is 18.6 Å². The summed E-state index contributed by atoms with van der Waals surface area (Å²) in [7, 11) is 2.44. The lowest BCUT2D eigenvalue weighted by Crippen LogP contribution is -2.15. The molecule has 0 spiro atoms. The van der Waals surface area contributed by atoms with E-state index in [0.717, 1.165) is 18.6 Å². The molecule has 152 valence electrons. The third kappa shape index (κ3) is 9.45. The number of rotatable bonds is 14. The molecule has 0 aliphatic rings. The van der Waals surface area contributed by atoms with Gasteiger partial charge in [0.2, 0.25) is 0 Å². The molecule has 1 rings (SSSR count). The zero-order chi connectivity index (χ0) is 19.9. The van der Waals surface area contributed by atoms with Gasteiger partial charge in [0, 0.05) is 12.5 Å². The molecule has 0 atom stereocenters. The number of carbonyl (C=O) groups excluding carboxylic acids is 2. The van der Waals surface area contributed by atoms with Crippen molar-refractivity contribution in [2.24, 2.45) is 0 Å². The fourth-order valence-corrected chi connectivity index (χ4v) is 2.96. The summed E-state index contributed by atoms with van der Waals surface area (Å²) in [5, 5.41) is 0. The predicted molar refractivity (Wildman–Crippen MR) is 106 cm³/mol. The maximum absolute atomic E-state index is 11.7. The monoisotopic (exact) mass is 378 g/mol. The number of hydrogen-bond donors (Lipinski definition) is 0. The molecular formula is C22H34O5. The van der Waals surface area contributed by atoms with Crippen LogP contribution in [0.25, 0.3) is 6.08 Å². The van der Waals surface area contributed by atoms with Crippen LogP contribution < -0.4 is 0 Å². The number of aryl methyl sites for hydroxylation is 1. The number of furan rings is 1. The first-order valence-electron chi connectivity index (χ1n) is 10.1. The highest BCUT2D eigenvalue weighted by Crippen LogP contribution is 2.17. The average molecular weight is 379 g/mol.